The molecule has 26 heavy (non-hydrogen) atoms. The number of carboxylic acids is 1. The van der Waals surface area contributed by atoms with Crippen LogP contribution in [0.5, 0.6) is 0 Å². The van der Waals surface area contributed by atoms with E-state index >= 15 is 0 Å². The van der Waals surface area contributed by atoms with Gasteiger partial charge in [0.1, 0.15) is 5.54 Å². The van der Waals surface area contributed by atoms with Crippen LogP contribution >= 0.6 is 0 Å². The summed E-state index contributed by atoms with van der Waals surface area (Å²) in [5, 5.41) is 17.9. The molecule has 3 rings (SSSR count). The van der Waals surface area contributed by atoms with Crippen LogP contribution in [0.25, 0.3) is 0 Å². The normalized spacial score (nSPS) is 25.2. The minimum atomic E-state index is -1.21. The molecule has 0 unspecified atom stereocenters. The lowest BCUT2D eigenvalue weighted by atomic mass is 9.77. The van der Waals surface area contributed by atoms with Crippen LogP contribution in [0.4, 0.5) is 10.5 Å². The molecule has 7 heteroatoms. The number of hydrogen-bond acceptors (Lipinski definition) is 3. The van der Waals surface area contributed by atoms with Gasteiger partial charge in [-0.1, -0.05) is 13.0 Å². The molecule has 0 aromatic heterocycles. The van der Waals surface area contributed by atoms with Crippen molar-refractivity contribution < 1.29 is 19.5 Å². The average Bonchev–Trinajstić information content (AvgIpc) is 3.41. The van der Waals surface area contributed by atoms with E-state index in [4.69, 9.17) is 0 Å². The van der Waals surface area contributed by atoms with Crippen molar-refractivity contribution in [1.82, 2.24) is 10.6 Å². The van der Waals surface area contributed by atoms with Gasteiger partial charge < -0.3 is 21.1 Å². The first kappa shape index (κ1) is 18.2. The van der Waals surface area contributed by atoms with E-state index in [0.29, 0.717) is 30.0 Å². The highest BCUT2D eigenvalue weighted by molar-refractivity contribution is 5.99. The van der Waals surface area contributed by atoms with Crippen molar-refractivity contribution in [2.75, 3.05) is 5.32 Å². The summed E-state index contributed by atoms with van der Waals surface area (Å²) < 4.78 is 0. The van der Waals surface area contributed by atoms with Gasteiger partial charge in [0.05, 0.1) is 0 Å². The van der Waals surface area contributed by atoms with E-state index in [1.165, 1.54) is 0 Å². The van der Waals surface area contributed by atoms with Gasteiger partial charge in [0, 0.05) is 17.3 Å². The Morgan fingerprint density at radius 1 is 1.12 bits per heavy atom. The van der Waals surface area contributed by atoms with E-state index in [1.54, 1.807) is 24.3 Å². The maximum absolute atomic E-state index is 12.6. The Hall–Kier alpha value is -2.57. The zero-order valence-corrected chi connectivity index (χ0v) is 14.9. The molecule has 2 fully saturated rings. The zero-order chi connectivity index (χ0) is 18.7. The summed E-state index contributed by atoms with van der Waals surface area (Å²) in [7, 11) is 0. The van der Waals surface area contributed by atoms with E-state index in [9.17, 15) is 19.5 Å². The second-order valence-corrected chi connectivity index (χ2v) is 7.48. The molecular weight excluding hydrogens is 334 g/mol. The highest BCUT2D eigenvalue weighted by Gasteiger charge is 2.42. The molecule has 2 saturated carbocycles. The first-order valence-electron chi connectivity index (χ1n) is 9.11. The van der Waals surface area contributed by atoms with Crippen LogP contribution < -0.4 is 16.0 Å². The van der Waals surface area contributed by atoms with Gasteiger partial charge in [-0.3, -0.25) is 4.79 Å². The maximum atomic E-state index is 12.6. The van der Waals surface area contributed by atoms with E-state index in [2.05, 4.69) is 22.9 Å². The number of urea groups is 1. The number of rotatable bonds is 5. The number of anilines is 1. The van der Waals surface area contributed by atoms with Gasteiger partial charge in [-0.25, -0.2) is 9.59 Å². The van der Waals surface area contributed by atoms with Crippen LogP contribution in [0.3, 0.4) is 0 Å². The molecule has 4 N–H and O–H groups in total. The molecule has 140 valence electrons. The fraction of sp³-hybridized carbons (Fsp3) is 0.526. The second kappa shape index (κ2) is 7.35. The van der Waals surface area contributed by atoms with Gasteiger partial charge in [-0.2, -0.15) is 0 Å². The lowest BCUT2D eigenvalue weighted by Gasteiger charge is -2.36. The van der Waals surface area contributed by atoms with Crippen molar-refractivity contribution in [2.45, 2.75) is 57.0 Å². The van der Waals surface area contributed by atoms with Gasteiger partial charge in [0.25, 0.3) is 5.91 Å². The van der Waals surface area contributed by atoms with Crippen molar-refractivity contribution >= 4 is 23.6 Å². The summed E-state index contributed by atoms with van der Waals surface area (Å²) in [4.78, 5) is 36.2. The van der Waals surface area contributed by atoms with Crippen LogP contribution in [0, 0.1) is 5.92 Å². The van der Waals surface area contributed by atoms with Gasteiger partial charge in [0.2, 0.25) is 0 Å². The van der Waals surface area contributed by atoms with Crippen molar-refractivity contribution in [2.24, 2.45) is 5.92 Å². The predicted molar refractivity (Wildman–Crippen MR) is 97.1 cm³/mol. The van der Waals surface area contributed by atoms with Crippen LogP contribution in [0.1, 0.15) is 55.8 Å². The largest absolute Gasteiger partial charge is 0.480 e. The summed E-state index contributed by atoms with van der Waals surface area (Å²) in [6.45, 7) is 2.09. The fourth-order valence-corrected chi connectivity index (χ4v) is 3.26. The number of nitrogens with one attached hydrogen (secondary N) is 3. The second-order valence-electron chi connectivity index (χ2n) is 7.48. The summed E-state index contributed by atoms with van der Waals surface area (Å²) in [6.07, 6.45) is 4.39. The summed E-state index contributed by atoms with van der Waals surface area (Å²) in [5.41, 5.74) is -0.387. The molecular formula is C19H25N3O4. The number of carboxylic acid groups (broad SMARTS) is 1. The molecule has 0 aliphatic heterocycles. The van der Waals surface area contributed by atoms with Crippen LogP contribution in [-0.2, 0) is 4.79 Å². The van der Waals surface area contributed by atoms with Crippen LogP contribution in [0.2, 0.25) is 0 Å². The lowest BCUT2D eigenvalue weighted by molar-refractivity contribution is -0.146. The van der Waals surface area contributed by atoms with E-state index in [-0.39, 0.29) is 12.1 Å². The van der Waals surface area contributed by atoms with Crippen LogP contribution in [0.15, 0.2) is 24.3 Å². The number of amides is 3. The first-order chi connectivity index (χ1) is 12.4. The Bertz CT molecular complexity index is 706. The number of aliphatic carboxylic acids is 1. The third-order valence-corrected chi connectivity index (χ3v) is 5.19. The zero-order valence-electron chi connectivity index (χ0n) is 14.9. The molecule has 0 heterocycles. The fourth-order valence-electron chi connectivity index (χ4n) is 3.26. The lowest BCUT2D eigenvalue weighted by Crippen LogP contribution is -2.56. The smallest absolute Gasteiger partial charge is 0.329 e. The van der Waals surface area contributed by atoms with Crippen LogP contribution in [-0.4, -0.2) is 34.6 Å². The molecule has 3 amide bonds. The van der Waals surface area contributed by atoms with Crippen molar-refractivity contribution in [3.63, 3.8) is 0 Å². The Kier molecular flexibility index (Phi) is 5.15. The standard InChI is InChI=1S/C19H25N3O4/c1-12-7-9-19(10-8-12,17(24)25)22-16(23)13-3-2-4-15(11-13)21-18(26)20-14-5-6-14/h2-4,11-12,14H,5-10H2,1H3,(H,22,23)(H,24,25)(H2,20,21,26). The highest BCUT2D eigenvalue weighted by Crippen LogP contribution is 2.32. The van der Waals surface area contributed by atoms with Gasteiger partial charge in [-0.15, -0.1) is 0 Å². The predicted octanol–water partition coefficient (Wildman–Crippen LogP) is 2.73. The van der Waals surface area contributed by atoms with Crippen molar-refractivity contribution in [3.05, 3.63) is 29.8 Å². The molecule has 2 aliphatic rings. The van der Waals surface area contributed by atoms with Crippen molar-refractivity contribution in [1.29, 1.82) is 0 Å². The number of carbonyl (C=O) groups is 3. The molecule has 7 nitrogen and oxygen atoms in total. The highest BCUT2D eigenvalue weighted by atomic mass is 16.4. The molecule has 1 aromatic carbocycles. The Balaban J connectivity index is 1.67. The minimum absolute atomic E-state index is 0.241. The Morgan fingerprint density at radius 2 is 1.81 bits per heavy atom. The summed E-state index contributed by atoms with van der Waals surface area (Å²) >= 11 is 0. The van der Waals surface area contributed by atoms with Crippen molar-refractivity contribution in [3.8, 4) is 0 Å². The Labute approximate surface area is 152 Å². The molecule has 0 bridgehead atoms. The van der Waals surface area contributed by atoms with Gasteiger partial charge in [-0.05, 0) is 62.6 Å². The molecule has 0 spiro atoms. The molecule has 0 saturated heterocycles. The third kappa shape index (κ3) is 4.33. The summed E-state index contributed by atoms with van der Waals surface area (Å²) in [5.74, 6) is -0.957. The number of hydrogen-bond donors (Lipinski definition) is 4. The molecule has 0 radical (unpaired) electrons. The molecule has 2 aliphatic carbocycles. The maximum Gasteiger partial charge on any atom is 0.329 e. The number of carbonyl (C=O) groups excluding carboxylic acids is 2. The number of benzene rings is 1. The third-order valence-electron chi connectivity index (χ3n) is 5.19. The topological polar surface area (TPSA) is 108 Å². The van der Waals surface area contributed by atoms with E-state index in [1.807, 2.05) is 0 Å². The van der Waals surface area contributed by atoms with E-state index < -0.39 is 17.4 Å². The quantitative estimate of drug-likeness (QED) is 0.648. The van der Waals surface area contributed by atoms with Gasteiger partial charge in [0.15, 0.2) is 0 Å². The van der Waals surface area contributed by atoms with Gasteiger partial charge >= 0.3 is 12.0 Å². The minimum Gasteiger partial charge on any atom is -0.480 e. The average molecular weight is 359 g/mol. The molecule has 0 atom stereocenters. The Morgan fingerprint density at radius 3 is 2.42 bits per heavy atom. The first-order valence-corrected chi connectivity index (χ1v) is 9.11. The summed E-state index contributed by atoms with van der Waals surface area (Å²) in [6, 6.07) is 6.47. The monoisotopic (exact) mass is 359 g/mol. The SMILES string of the molecule is CC1CCC(NC(=O)c2cccc(NC(=O)NC3CC3)c2)(C(=O)O)CC1. The van der Waals surface area contributed by atoms with E-state index in [0.717, 1.165) is 25.7 Å². The molecule has 1 aromatic rings.